The molecule has 0 rings (SSSR count). The molecule has 0 radical (unpaired) electrons. The average Bonchev–Trinajstić information content (AvgIpc) is 2.78. The van der Waals surface area contributed by atoms with Crippen LogP contribution in [0.5, 0.6) is 0 Å². The summed E-state index contributed by atoms with van der Waals surface area (Å²) in [6.07, 6.45) is 24.4. The fraction of sp³-hybridized carbons (Fsp3) is 0.778. The predicted octanol–water partition coefficient (Wildman–Crippen LogP) is 7.86. The molecular formula is C27H48O4. The summed E-state index contributed by atoms with van der Waals surface area (Å²) in [4.78, 5) is 23.2. The maximum absolute atomic E-state index is 11.9. The van der Waals surface area contributed by atoms with Crippen LogP contribution in [0.4, 0.5) is 0 Å². The number of carbonyl (C=O) groups is 2. The van der Waals surface area contributed by atoms with Gasteiger partial charge in [0.2, 0.25) is 0 Å². The fourth-order valence-electron chi connectivity index (χ4n) is 3.48. The summed E-state index contributed by atoms with van der Waals surface area (Å²) >= 11 is 0. The Morgan fingerprint density at radius 2 is 0.935 bits per heavy atom. The smallest absolute Gasteiger partial charge is 0.333 e. The molecule has 0 aromatic carbocycles. The van der Waals surface area contributed by atoms with Gasteiger partial charge < -0.3 is 9.47 Å². The number of hydrogen-bond donors (Lipinski definition) is 0. The molecule has 4 nitrogen and oxygen atoms in total. The summed E-state index contributed by atoms with van der Waals surface area (Å²) in [5.41, 5.74) is 0.937. The number of allylic oxidation sites excluding steroid dienone is 2. The third-order valence-corrected chi connectivity index (χ3v) is 5.64. The molecule has 0 heterocycles. The van der Waals surface area contributed by atoms with E-state index in [4.69, 9.17) is 4.74 Å². The normalized spacial score (nSPS) is 12.1. The Labute approximate surface area is 191 Å². The van der Waals surface area contributed by atoms with Crippen molar-refractivity contribution in [2.45, 2.75) is 124 Å². The van der Waals surface area contributed by atoms with E-state index in [0.29, 0.717) is 17.8 Å². The molecule has 0 fully saturated rings. The number of carbonyl (C=O) groups excluding carboxylic acids is 2. The van der Waals surface area contributed by atoms with Crippen LogP contribution in [0.2, 0.25) is 0 Å². The monoisotopic (exact) mass is 436 g/mol. The topological polar surface area (TPSA) is 52.6 Å². The summed E-state index contributed by atoms with van der Waals surface area (Å²) in [6.45, 7) is 6.08. The second-order valence-corrected chi connectivity index (χ2v) is 8.63. The second kappa shape index (κ2) is 21.6. The number of hydrogen-bond acceptors (Lipinski definition) is 4. The lowest BCUT2D eigenvalue weighted by Gasteiger charge is -2.05. The first-order valence-electron chi connectivity index (χ1n) is 12.6. The zero-order valence-electron chi connectivity index (χ0n) is 20.8. The standard InChI is InChI=1S/C27H48O4/c1-5-6-7-8-9-10-11-12-13-14-15-16-17-18-19-20-23-31-27(29)25(3)22-21-24(2)26(28)30-4/h21-22H,5-20,23H2,1-4H3/b24-21+,25-22+. The number of ether oxygens (including phenoxy) is 2. The first-order valence-corrected chi connectivity index (χ1v) is 12.6. The minimum absolute atomic E-state index is 0.324. The Balaban J connectivity index is 3.48. The minimum atomic E-state index is -0.398. The van der Waals surface area contributed by atoms with Crippen molar-refractivity contribution in [1.29, 1.82) is 0 Å². The van der Waals surface area contributed by atoms with Crippen molar-refractivity contribution >= 4 is 11.9 Å². The average molecular weight is 437 g/mol. The first-order chi connectivity index (χ1) is 15.0. The van der Waals surface area contributed by atoms with Gasteiger partial charge in [0.15, 0.2) is 0 Å². The summed E-state index contributed by atoms with van der Waals surface area (Å²) in [6, 6.07) is 0. The molecule has 4 heteroatoms. The molecule has 0 aliphatic heterocycles. The Bertz CT molecular complexity index is 519. The molecule has 180 valence electrons. The van der Waals surface area contributed by atoms with Gasteiger partial charge in [-0.05, 0) is 20.3 Å². The molecule has 0 aliphatic carbocycles. The van der Waals surface area contributed by atoms with Crippen molar-refractivity contribution in [1.82, 2.24) is 0 Å². The van der Waals surface area contributed by atoms with Crippen molar-refractivity contribution in [2.75, 3.05) is 13.7 Å². The molecule has 0 aliphatic rings. The van der Waals surface area contributed by atoms with Crippen molar-refractivity contribution < 1.29 is 19.1 Å². The van der Waals surface area contributed by atoms with Gasteiger partial charge in [-0.1, -0.05) is 115 Å². The van der Waals surface area contributed by atoms with Gasteiger partial charge in [-0.3, -0.25) is 0 Å². The lowest BCUT2D eigenvalue weighted by Crippen LogP contribution is -2.07. The van der Waals surface area contributed by atoms with Crippen LogP contribution in [0.25, 0.3) is 0 Å². The zero-order valence-corrected chi connectivity index (χ0v) is 20.8. The summed E-state index contributed by atoms with van der Waals surface area (Å²) < 4.78 is 9.91. The van der Waals surface area contributed by atoms with Gasteiger partial charge in [-0.2, -0.15) is 0 Å². The molecule has 0 saturated heterocycles. The van der Waals surface area contributed by atoms with Gasteiger partial charge in [0.1, 0.15) is 0 Å². The number of methoxy groups -OCH3 is 1. The van der Waals surface area contributed by atoms with E-state index in [-0.39, 0.29) is 5.97 Å². The van der Waals surface area contributed by atoms with E-state index in [2.05, 4.69) is 11.7 Å². The number of rotatable bonds is 20. The van der Waals surface area contributed by atoms with Gasteiger partial charge in [-0.15, -0.1) is 0 Å². The highest BCUT2D eigenvalue weighted by Crippen LogP contribution is 2.13. The first kappa shape index (κ1) is 29.4. The van der Waals surface area contributed by atoms with Crippen LogP contribution in [-0.2, 0) is 19.1 Å². The largest absolute Gasteiger partial charge is 0.466 e. The zero-order chi connectivity index (χ0) is 23.2. The molecule has 31 heavy (non-hydrogen) atoms. The van der Waals surface area contributed by atoms with Gasteiger partial charge >= 0.3 is 11.9 Å². The third-order valence-electron chi connectivity index (χ3n) is 5.64. The van der Waals surface area contributed by atoms with Crippen LogP contribution in [-0.4, -0.2) is 25.7 Å². The molecule has 0 spiro atoms. The van der Waals surface area contributed by atoms with Gasteiger partial charge in [0.05, 0.1) is 13.7 Å². The maximum Gasteiger partial charge on any atom is 0.333 e. The molecule has 0 aromatic heterocycles. The van der Waals surface area contributed by atoms with Crippen molar-refractivity contribution in [3.05, 3.63) is 23.3 Å². The van der Waals surface area contributed by atoms with Crippen LogP contribution < -0.4 is 0 Å². The summed E-state index contributed by atoms with van der Waals surface area (Å²) in [5.74, 6) is -0.722. The second-order valence-electron chi connectivity index (χ2n) is 8.63. The number of unbranched alkanes of at least 4 members (excludes halogenated alkanes) is 15. The Kier molecular flexibility index (Phi) is 20.5. The van der Waals surface area contributed by atoms with E-state index >= 15 is 0 Å². The van der Waals surface area contributed by atoms with E-state index < -0.39 is 5.97 Å². The van der Waals surface area contributed by atoms with Gasteiger partial charge in [-0.25, -0.2) is 9.59 Å². The SMILES string of the molecule is CCCCCCCCCCCCCCCCCCOC(=O)/C(C)=C/C=C(\C)C(=O)OC. The van der Waals surface area contributed by atoms with E-state index in [1.54, 1.807) is 26.0 Å². The van der Waals surface area contributed by atoms with Crippen molar-refractivity contribution in [3.63, 3.8) is 0 Å². The Hall–Kier alpha value is -1.58. The molecule has 0 aromatic rings. The fourth-order valence-corrected chi connectivity index (χ4v) is 3.48. The molecule has 0 atom stereocenters. The molecule has 0 unspecified atom stereocenters. The lowest BCUT2D eigenvalue weighted by atomic mass is 10.0. The molecule has 0 bridgehead atoms. The van der Waals surface area contributed by atoms with Crippen LogP contribution >= 0.6 is 0 Å². The Morgan fingerprint density at radius 1 is 0.581 bits per heavy atom. The highest BCUT2D eigenvalue weighted by molar-refractivity contribution is 5.90. The number of esters is 2. The lowest BCUT2D eigenvalue weighted by molar-refractivity contribution is -0.139. The quantitative estimate of drug-likeness (QED) is 0.0843. The molecular weight excluding hydrogens is 388 g/mol. The summed E-state index contributed by atoms with van der Waals surface area (Å²) in [5, 5.41) is 0. The highest BCUT2D eigenvalue weighted by Gasteiger charge is 2.06. The van der Waals surface area contributed by atoms with Crippen LogP contribution in [0, 0.1) is 0 Å². The molecule has 0 amide bonds. The van der Waals surface area contributed by atoms with Crippen LogP contribution in [0.3, 0.4) is 0 Å². The third kappa shape index (κ3) is 18.9. The van der Waals surface area contributed by atoms with Crippen molar-refractivity contribution in [2.24, 2.45) is 0 Å². The minimum Gasteiger partial charge on any atom is -0.466 e. The van der Waals surface area contributed by atoms with E-state index in [0.717, 1.165) is 12.8 Å². The van der Waals surface area contributed by atoms with E-state index in [1.807, 2.05) is 0 Å². The van der Waals surface area contributed by atoms with Gasteiger partial charge in [0, 0.05) is 11.1 Å². The molecule has 0 N–H and O–H groups in total. The van der Waals surface area contributed by atoms with Crippen LogP contribution in [0.15, 0.2) is 23.3 Å². The van der Waals surface area contributed by atoms with Crippen molar-refractivity contribution in [3.8, 4) is 0 Å². The van der Waals surface area contributed by atoms with Crippen LogP contribution in [0.1, 0.15) is 124 Å². The molecule has 0 saturated carbocycles. The summed E-state index contributed by atoms with van der Waals surface area (Å²) in [7, 11) is 1.34. The maximum atomic E-state index is 11.9. The highest BCUT2D eigenvalue weighted by atomic mass is 16.5. The predicted molar refractivity (Wildman–Crippen MR) is 130 cm³/mol. The Morgan fingerprint density at radius 3 is 1.32 bits per heavy atom. The van der Waals surface area contributed by atoms with E-state index in [9.17, 15) is 9.59 Å². The van der Waals surface area contributed by atoms with Gasteiger partial charge in [0.25, 0.3) is 0 Å². The van der Waals surface area contributed by atoms with E-state index in [1.165, 1.54) is 97.0 Å².